The van der Waals surface area contributed by atoms with Gasteiger partial charge in [-0.25, -0.2) is 4.63 Å². The summed E-state index contributed by atoms with van der Waals surface area (Å²) in [6, 6.07) is 0. The molecule has 150 valence electrons. The molecule has 0 aromatic carbocycles. The van der Waals surface area contributed by atoms with E-state index in [0.29, 0.717) is 44.0 Å². The van der Waals surface area contributed by atoms with E-state index in [1.807, 2.05) is 4.90 Å². The number of nitrogens with one attached hydrogen (secondary N) is 1. The van der Waals surface area contributed by atoms with Gasteiger partial charge in [0.25, 0.3) is 5.88 Å². The van der Waals surface area contributed by atoms with Gasteiger partial charge in [-0.1, -0.05) is 5.16 Å². The number of piperidine rings is 1. The van der Waals surface area contributed by atoms with Gasteiger partial charge in [-0.2, -0.15) is 0 Å². The van der Waals surface area contributed by atoms with Crippen LogP contribution in [0.25, 0.3) is 0 Å². The number of morpholine rings is 1. The number of nitrogens with zero attached hydrogens (tertiary/aromatic N) is 4. The molecular weight excluding hydrogens is 354 g/mol. The molecule has 2 saturated heterocycles. The van der Waals surface area contributed by atoms with E-state index in [1.54, 1.807) is 6.92 Å². The van der Waals surface area contributed by atoms with Gasteiger partial charge in [0.05, 0.1) is 25.7 Å². The van der Waals surface area contributed by atoms with Crippen molar-refractivity contribution in [1.29, 1.82) is 0 Å². The molecule has 2 aliphatic heterocycles. The molecule has 1 aromatic heterocycles. The van der Waals surface area contributed by atoms with E-state index in [9.17, 15) is 9.59 Å². The van der Waals surface area contributed by atoms with E-state index in [1.165, 1.54) is 0 Å². The van der Waals surface area contributed by atoms with Crippen molar-refractivity contribution in [3.63, 3.8) is 0 Å². The van der Waals surface area contributed by atoms with Crippen LogP contribution in [-0.4, -0.2) is 91.0 Å². The minimum atomic E-state index is -0.178. The second-order valence-corrected chi connectivity index (χ2v) is 6.82. The third-order valence-electron chi connectivity index (χ3n) is 4.91. The van der Waals surface area contributed by atoms with Gasteiger partial charge in [0.2, 0.25) is 11.8 Å². The van der Waals surface area contributed by atoms with Gasteiger partial charge in [0, 0.05) is 39.1 Å². The summed E-state index contributed by atoms with van der Waals surface area (Å²) in [5, 5.41) is 10.1. The molecule has 2 aliphatic rings. The Hall–Kier alpha value is -2.20. The van der Waals surface area contributed by atoms with Gasteiger partial charge in [-0.3, -0.25) is 14.5 Å². The normalized spacial score (nSPS) is 21.3. The van der Waals surface area contributed by atoms with E-state index in [2.05, 4.69) is 25.2 Å². The number of amides is 2. The zero-order valence-corrected chi connectivity index (χ0v) is 15.7. The fourth-order valence-electron chi connectivity index (χ4n) is 3.25. The quantitative estimate of drug-likeness (QED) is 0.597. The lowest BCUT2D eigenvalue weighted by Crippen LogP contribution is -2.49. The van der Waals surface area contributed by atoms with Crippen molar-refractivity contribution in [2.24, 2.45) is 5.92 Å². The first-order valence-corrected chi connectivity index (χ1v) is 9.41. The Kier molecular flexibility index (Phi) is 6.99. The molecule has 0 saturated carbocycles. The van der Waals surface area contributed by atoms with Crippen molar-refractivity contribution in [3.8, 4) is 5.88 Å². The van der Waals surface area contributed by atoms with Crippen molar-refractivity contribution in [1.82, 2.24) is 25.4 Å². The van der Waals surface area contributed by atoms with Gasteiger partial charge < -0.3 is 19.7 Å². The lowest BCUT2D eigenvalue weighted by atomic mass is 9.96. The van der Waals surface area contributed by atoms with Crippen LogP contribution in [0, 0.1) is 12.8 Å². The Morgan fingerprint density at radius 3 is 2.85 bits per heavy atom. The Morgan fingerprint density at radius 2 is 2.11 bits per heavy atom. The molecule has 2 fully saturated rings. The highest BCUT2D eigenvalue weighted by Crippen LogP contribution is 2.18. The third-order valence-corrected chi connectivity index (χ3v) is 4.91. The highest BCUT2D eigenvalue weighted by molar-refractivity contribution is 5.83. The maximum Gasteiger partial charge on any atom is 0.278 e. The Bertz CT molecular complexity index is 631. The van der Waals surface area contributed by atoms with Crippen molar-refractivity contribution in [2.75, 3.05) is 59.1 Å². The summed E-state index contributed by atoms with van der Waals surface area (Å²) >= 11 is 0. The summed E-state index contributed by atoms with van der Waals surface area (Å²) in [5.74, 6) is 0.242. The fourth-order valence-corrected chi connectivity index (χ4v) is 3.25. The van der Waals surface area contributed by atoms with Crippen LogP contribution >= 0.6 is 0 Å². The van der Waals surface area contributed by atoms with Gasteiger partial charge in [-0.15, -0.1) is 0 Å². The van der Waals surface area contributed by atoms with Gasteiger partial charge in [0.15, 0.2) is 0 Å². The van der Waals surface area contributed by atoms with Gasteiger partial charge in [-0.05, 0) is 18.5 Å². The summed E-state index contributed by atoms with van der Waals surface area (Å²) < 4.78 is 15.3. The van der Waals surface area contributed by atoms with Crippen LogP contribution < -0.4 is 10.1 Å². The molecule has 0 bridgehead atoms. The summed E-state index contributed by atoms with van der Waals surface area (Å²) in [4.78, 5) is 28.7. The number of aryl methyl sites for hydroxylation is 1. The van der Waals surface area contributed by atoms with E-state index in [0.717, 1.165) is 32.8 Å². The number of hydrogen-bond acceptors (Lipinski definition) is 8. The number of carbonyl (C=O) groups excluding carboxylic acids is 2. The highest BCUT2D eigenvalue weighted by Gasteiger charge is 2.30. The van der Waals surface area contributed by atoms with E-state index in [4.69, 9.17) is 9.47 Å². The average Bonchev–Trinajstić information content (AvgIpc) is 3.10. The molecule has 0 spiro atoms. The molecule has 2 amide bonds. The van der Waals surface area contributed by atoms with Gasteiger partial charge >= 0.3 is 0 Å². The first-order valence-electron chi connectivity index (χ1n) is 9.41. The Balaban J connectivity index is 1.37. The molecule has 27 heavy (non-hydrogen) atoms. The standard InChI is InChI=1S/C17H27N5O5/c1-13-17(20-27-19-13)26-9-4-18-16(24)14-2-3-15(23)22(12-14)6-5-21-7-10-25-11-8-21/h14H,2-12H2,1H3,(H,18,24). The first-order chi connectivity index (χ1) is 13.1. The highest BCUT2D eigenvalue weighted by atomic mass is 16.6. The summed E-state index contributed by atoms with van der Waals surface area (Å²) in [5.41, 5.74) is 0.572. The SMILES string of the molecule is Cc1nonc1OCCNC(=O)C1CCC(=O)N(CCN2CCOCC2)C1. The zero-order chi connectivity index (χ0) is 19.1. The van der Waals surface area contributed by atoms with Crippen molar-refractivity contribution in [3.05, 3.63) is 5.69 Å². The van der Waals surface area contributed by atoms with E-state index >= 15 is 0 Å². The predicted molar refractivity (Wildman–Crippen MR) is 94.1 cm³/mol. The van der Waals surface area contributed by atoms with E-state index in [-0.39, 0.29) is 24.3 Å². The fraction of sp³-hybridized carbons (Fsp3) is 0.765. The maximum atomic E-state index is 12.4. The minimum Gasteiger partial charge on any atom is -0.472 e. The van der Waals surface area contributed by atoms with Crippen LogP contribution in [0.3, 0.4) is 0 Å². The largest absolute Gasteiger partial charge is 0.472 e. The molecule has 1 N–H and O–H groups in total. The zero-order valence-electron chi connectivity index (χ0n) is 15.7. The Labute approximate surface area is 158 Å². The van der Waals surface area contributed by atoms with Crippen LogP contribution in [0.1, 0.15) is 18.5 Å². The van der Waals surface area contributed by atoms with Gasteiger partial charge in [0.1, 0.15) is 12.3 Å². The molecule has 0 radical (unpaired) electrons. The predicted octanol–water partition coefficient (Wildman–Crippen LogP) is -0.556. The number of carbonyl (C=O) groups is 2. The molecule has 10 heteroatoms. The second-order valence-electron chi connectivity index (χ2n) is 6.82. The van der Waals surface area contributed by atoms with Crippen molar-refractivity contribution < 1.29 is 23.7 Å². The number of hydrogen-bond donors (Lipinski definition) is 1. The van der Waals surface area contributed by atoms with Crippen LogP contribution in [0.5, 0.6) is 5.88 Å². The van der Waals surface area contributed by atoms with Crippen LogP contribution in [0.2, 0.25) is 0 Å². The number of likely N-dealkylation sites (tertiary alicyclic amines) is 1. The molecule has 1 unspecified atom stereocenters. The van der Waals surface area contributed by atoms with Crippen LogP contribution in [0.15, 0.2) is 4.63 Å². The van der Waals surface area contributed by atoms with Crippen LogP contribution in [0.4, 0.5) is 0 Å². The van der Waals surface area contributed by atoms with Crippen molar-refractivity contribution >= 4 is 11.8 Å². The van der Waals surface area contributed by atoms with Crippen molar-refractivity contribution in [2.45, 2.75) is 19.8 Å². The number of ether oxygens (including phenoxy) is 2. The smallest absolute Gasteiger partial charge is 0.278 e. The van der Waals surface area contributed by atoms with E-state index < -0.39 is 0 Å². The lowest BCUT2D eigenvalue weighted by molar-refractivity contribution is -0.138. The second kappa shape index (κ2) is 9.65. The maximum absolute atomic E-state index is 12.4. The number of aromatic nitrogens is 2. The molecule has 0 aliphatic carbocycles. The third kappa shape index (κ3) is 5.64. The molecule has 3 heterocycles. The molecule has 1 atom stereocenters. The molecule has 1 aromatic rings. The lowest BCUT2D eigenvalue weighted by Gasteiger charge is -2.34. The summed E-state index contributed by atoms with van der Waals surface area (Å²) in [6.07, 6.45) is 1.01. The summed E-state index contributed by atoms with van der Waals surface area (Å²) in [7, 11) is 0. The summed E-state index contributed by atoms with van der Waals surface area (Å²) in [6.45, 7) is 7.61. The minimum absolute atomic E-state index is 0.0440. The molecular formula is C17H27N5O5. The monoisotopic (exact) mass is 381 g/mol. The van der Waals surface area contributed by atoms with Crippen LogP contribution in [-0.2, 0) is 14.3 Å². The Morgan fingerprint density at radius 1 is 1.30 bits per heavy atom. The average molecular weight is 381 g/mol. The number of rotatable bonds is 8. The first kappa shape index (κ1) is 19.6. The topological polar surface area (TPSA) is 110 Å². The molecule has 3 rings (SSSR count). The molecule has 10 nitrogen and oxygen atoms in total.